The van der Waals surface area contributed by atoms with Gasteiger partial charge in [0.25, 0.3) is 5.91 Å². The van der Waals surface area contributed by atoms with E-state index >= 15 is 0 Å². The summed E-state index contributed by atoms with van der Waals surface area (Å²) in [6.45, 7) is 0.0532. The quantitative estimate of drug-likeness (QED) is 0.0790. The van der Waals surface area contributed by atoms with Crippen LogP contribution in [-0.4, -0.2) is 35.7 Å². The number of alkyl halides is 3. The molecule has 0 radical (unpaired) electrons. The molecule has 4 aromatic carbocycles. The molecule has 4 aromatic rings. The molecule has 1 amide bonds. The predicted molar refractivity (Wildman–Crippen MR) is 175 cm³/mol. The van der Waals surface area contributed by atoms with E-state index in [-0.39, 0.29) is 31.0 Å². The Labute approximate surface area is 285 Å². The van der Waals surface area contributed by atoms with Crippen molar-refractivity contribution in [3.8, 4) is 5.75 Å². The summed E-state index contributed by atoms with van der Waals surface area (Å²) in [5.74, 6) is -0.890. The Morgan fingerprint density at radius 3 is 2.40 bits per heavy atom. The third kappa shape index (κ3) is 8.39. The van der Waals surface area contributed by atoms with Crippen LogP contribution >= 0.6 is 31.9 Å². The number of nitrogens with zero attached hydrogens (tertiary/aromatic N) is 1. The lowest BCUT2D eigenvalue weighted by Crippen LogP contribution is -2.53. The Bertz CT molecular complexity index is 1740. The first-order valence-corrected chi connectivity index (χ1v) is 16.1. The lowest BCUT2D eigenvalue weighted by molar-refractivity contribution is -0.138. The molecule has 2 atom stereocenters. The van der Waals surface area contributed by atoms with Crippen LogP contribution in [0.1, 0.15) is 40.3 Å². The molecule has 0 unspecified atom stereocenters. The van der Waals surface area contributed by atoms with Crippen LogP contribution in [0.25, 0.3) is 0 Å². The first-order valence-electron chi connectivity index (χ1n) is 14.5. The molecule has 0 fully saturated rings. The molecule has 7 nitrogen and oxygen atoms in total. The number of hydrazine groups is 1. The van der Waals surface area contributed by atoms with Crippen LogP contribution in [-0.2, 0) is 28.7 Å². The Kier molecular flexibility index (Phi) is 11.0. The van der Waals surface area contributed by atoms with Gasteiger partial charge in [-0.3, -0.25) is 10.2 Å². The van der Waals surface area contributed by atoms with Gasteiger partial charge in [-0.2, -0.15) is 13.2 Å². The van der Waals surface area contributed by atoms with Gasteiger partial charge in [-0.25, -0.2) is 14.8 Å². The normalized spacial score (nSPS) is 17.6. The fourth-order valence-electron chi connectivity index (χ4n) is 5.10. The molecule has 1 aliphatic heterocycles. The highest BCUT2D eigenvalue weighted by atomic mass is 79.9. The summed E-state index contributed by atoms with van der Waals surface area (Å²) in [5, 5.41) is 9.03. The highest BCUT2D eigenvalue weighted by molar-refractivity contribution is 9.10. The number of nitrogens with one attached hydrogen (secondary N) is 2. The van der Waals surface area contributed by atoms with Crippen molar-refractivity contribution in [1.82, 2.24) is 10.9 Å². The molecular weight excluding hydrogens is 750 g/mol. The van der Waals surface area contributed by atoms with E-state index in [1.165, 1.54) is 0 Å². The molecular formula is C34H29Br2F4N3O4. The number of ether oxygens (including phenoxy) is 2. The largest absolute Gasteiger partial charge is 0.494 e. The van der Waals surface area contributed by atoms with Crippen LogP contribution in [0.15, 0.2) is 105 Å². The maximum absolute atomic E-state index is 14.3. The molecule has 0 saturated heterocycles. The number of hydrogen-bond donors (Lipinski definition) is 3. The number of amides is 1. The molecule has 5 rings (SSSR count). The zero-order valence-corrected chi connectivity index (χ0v) is 27.8. The van der Waals surface area contributed by atoms with Crippen LogP contribution < -0.4 is 15.6 Å². The van der Waals surface area contributed by atoms with Crippen LogP contribution in [0, 0.1) is 5.82 Å². The number of aliphatic hydroxyl groups excluding tert-OH is 1. The molecule has 0 saturated carbocycles. The summed E-state index contributed by atoms with van der Waals surface area (Å²) in [7, 11) is 0. The van der Waals surface area contributed by atoms with E-state index in [9.17, 15) is 22.4 Å². The fraction of sp³-hybridized carbons (Fsp3) is 0.235. The molecule has 0 aromatic heterocycles. The molecule has 0 spiro atoms. The third-order valence-corrected chi connectivity index (χ3v) is 8.70. The zero-order chi connectivity index (χ0) is 33.6. The highest BCUT2D eigenvalue weighted by Gasteiger charge is 2.53. The average Bonchev–Trinajstić information content (AvgIpc) is 3.43. The van der Waals surface area contributed by atoms with Gasteiger partial charge in [0.2, 0.25) is 5.90 Å². The van der Waals surface area contributed by atoms with Gasteiger partial charge < -0.3 is 14.6 Å². The van der Waals surface area contributed by atoms with Crippen molar-refractivity contribution in [3.05, 3.63) is 134 Å². The Balaban J connectivity index is 1.51. The van der Waals surface area contributed by atoms with E-state index in [4.69, 9.17) is 19.6 Å². The van der Waals surface area contributed by atoms with E-state index < -0.39 is 35.1 Å². The highest BCUT2D eigenvalue weighted by Crippen LogP contribution is 2.43. The summed E-state index contributed by atoms with van der Waals surface area (Å²) in [6.07, 6.45) is -5.10. The zero-order valence-electron chi connectivity index (χ0n) is 24.7. The van der Waals surface area contributed by atoms with E-state index in [1.807, 2.05) is 48.5 Å². The topological polar surface area (TPSA) is 92.2 Å². The van der Waals surface area contributed by atoms with Gasteiger partial charge in [0.15, 0.2) is 11.6 Å². The lowest BCUT2D eigenvalue weighted by atomic mass is 9.82. The van der Waals surface area contributed by atoms with Crippen molar-refractivity contribution in [2.75, 3.05) is 13.2 Å². The molecule has 3 N–H and O–H groups in total. The number of carbonyl (C=O) groups is 1. The van der Waals surface area contributed by atoms with Crippen molar-refractivity contribution in [3.63, 3.8) is 0 Å². The number of hydrogen-bond acceptors (Lipinski definition) is 6. The Morgan fingerprint density at radius 1 is 1.00 bits per heavy atom. The van der Waals surface area contributed by atoms with Gasteiger partial charge >= 0.3 is 6.18 Å². The summed E-state index contributed by atoms with van der Waals surface area (Å²) in [4.78, 5) is 19.2. The molecule has 47 heavy (non-hydrogen) atoms. The maximum Gasteiger partial charge on any atom is 0.416 e. The Hall–Kier alpha value is -3.78. The SMILES string of the molecule is O=C(NNCc1cc(F)cc(C(F)(F)F)c1)[C@@]1(Cc2ccccc2Br)N=C(c2ccc(OCCCO)cc2)O[C@H]1c1ccc(Br)cc1. The average molecular weight is 779 g/mol. The van der Waals surface area contributed by atoms with Crippen LogP contribution in [0.3, 0.4) is 0 Å². The van der Waals surface area contributed by atoms with Crippen molar-refractivity contribution < 1.29 is 36.9 Å². The number of aliphatic hydroxyl groups is 1. The van der Waals surface area contributed by atoms with Gasteiger partial charge in [-0.05, 0) is 77.4 Å². The summed E-state index contributed by atoms with van der Waals surface area (Å²) >= 11 is 7.01. The number of aliphatic imine (C=N–C) groups is 1. The first kappa shape index (κ1) is 34.6. The number of halogens is 6. The van der Waals surface area contributed by atoms with E-state index in [2.05, 4.69) is 42.7 Å². The standard InChI is InChI=1S/C34H29Br2F4N3O4/c35-26-10-6-22(7-11-26)30-33(19-24-4-1-2-5-29(24)36,42-31(47-30)23-8-12-28(13-9-23)46-15-3-14-44)32(45)43-41-20-21-16-25(34(38,39)40)18-27(37)17-21/h1-2,4-13,16-18,30,41,44H,3,14-15,19-20H2,(H,43,45)/t30-,33-/m0/s1. The van der Waals surface area contributed by atoms with E-state index in [1.54, 1.807) is 24.3 Å². The number of rotatable bonds is 12. The Morgan fingerprint density at radius 2 is 1.72 bits per heavy atom. The molecule has 0 aliphatic carbocycles. The van der Waals surface area contributed by atoms with Crippen molar-refractivity contribution >= 4 is 43.7 Å². The lowest BCUT2D eigenvalue weighted by Gasteiger charge is -2.31. The van der Waals surface area contributed by atoms with Gasteiger partial charge in [-0.1, -0.05) is 62.2 Å². The molecule has 1 aliphatic rings. The second-order valence-corrected chi connectivity index (χ2v) is 12.5. The van der Waals surface area contributed by atoms with Crippen molar-refractivity contribution in [2.45, 2.75) is 37.2 Å². The monoisotopic (exact) mass is 777 g/mol. The number of benzene rings is 4. The van der Waals surface area contributed by atoms with Crippen LogP contribution in [0.4, 0.5) is 17.6 Å². The second-order valence-electron chi connectivity index (χ2n) is 10.8. The van der Waals surface area contributed by atoms with Gasteiger partial charge in [0.05, 0.1) is 12.2 Å². The van der Waals surface area contributed by atoms with Crippen molar-refractivity contribution in [2.24, 2.45) is 4.99 Å². The first-order chi connectivity index (χ1) is 22.5. The minimum absolute atomic E-state index is 0.00748. The predicted octanol–water partition coefficient (Wildman–Crippen LogP) is 7.45. The van der Waals surface area contributed by atoms with E-state index in [0.717, 1.165) is 26.6 Å². The van der Waals surface area contributed by atoms with Gasteiger partial charge in [0.1, 0.15) is 11.6 Å². The summed E-state index contributed by atoms with van der Waals surface area (Å²) < 4.78 is 67.5. The molecule has 13 heteroatoms. The third-order valence-electron chi connectivity index (χ3n) is 7.40. The van der Waals surface area contributed by atoms with Crippen LogP contribution in [0.5, 0.6) is 5.75 Å². The second kappa shape index (κ2) is 15.0. The summed E-state index contributed by atoms with van der Waals surface area (Å²) in [6, 6.07) is 23.8. The van der Waals surface area contributed by atoms with Gasteiger partial charge in [-0.15, -0.1) is 0 Å². The van der Waals surface area contributed by atoms with Gasteiger partial charge in [0, 0.05) is 40.5 Å². The minimum Gasteiger partial charge on any atom is -0.494 e. The summed E-state index contributed by atoms with van der Waals surface area (Å²) in [5.41, 5.74) is 4.50. The molecule has 246 valence electrons. The minimum atomic E-state index is -4.73. The van der Waals surface area contributed by atoms with Crippen LogP contribution in [0.2, 0.25) is 0 Å². The smallest absolute Gasteiger partial charge is 0.416 e. The number of carbonyl (C=O) groups excluding carboxylic acids is 1. The molecule has 1 heterocycles. The molecule has 0 bridgehead atoms. The van der Waals surface area contributed by atoms with E-state index in [0.29, 0.717) is 36.0 Å². The van der Waals surface area contributed by atoms with Crippen molar-refractivity contribution in [1.29, 1.82) is 0 Å². The fourth-order valence-corrected chi connectivity index (χ4v) is 5.79. The maximum atomic E-state index is 14.3.